The minimum atomic E-state index is -1.02. The normalized spacial score (nSPS) is 32.1. The number of benzene rings is 1. The highest BCUT2D eigenvalue weighted by molar-refractivity contribution is 6.05. The third kappa shape index (κ3) is 1.48. The number of aromatic hydroxyl groups is 2. The Bertz CT molecular complexity index is 605. The van der Waals surface area contributed by atoms with E-state index in [4.69, 9.17) is 0 Å². The van der Waals surface area contributed by atoms with E-state index in [0.29, 0.717) is 16.7 Å². The van der Waals surface area contributed by atoms with Crippen molar-refractivity contribution in [2.24, 2.45) is 5.92 Å². The largest absolute Gasteiger partial charge is 0.504 e. The van der Waals surface area contributed by atoms with Crippen molar-refractivity contribution >= 4 is 5.78 Å². The van der Waals surface area contributed by atoms with Crippen molar-refractivity contribution in [2.45, 2.75) is 51.6 Å². The van der Waals surface area contributed by atoms with E-state index in [-0.39, 0.29) is 35.0 Å². The summed E-state index contributed by atoms with van der Waals surface area (Å²) in [5.74, 6) is -0.594. The standard InChI is InChI=1S/C16H20O4/c1-6-4-5-9-7(2)13(17)16(20)11-8(3)14(18)15(19)10(6)12(9)11/h6-7,9,13,17-19H,4-5H2,1-3H3. The summed E-state index contributed by atoms with van der Waals surface area (Å²) < 4.78 is 0. The van der Waals surface area contributed by atoms with Crippen LogP contribution in [0.2, 0.25) is 0 Å². The van der Waals surface area contributed by atoms with E-state index in [0.717, 1.165) is 18.4 Å². The summed E-state index contributed by atoms with van der Waals surface area (Å²) in [4.78, 5) is 12.4. The van der Waals surface area contributed by atoms with Gasteiger partial charge in [-0.2, -0.15) is 0 Å². The molecule has 4 nitrogen and oxygen atoms in total. The number of aliphatic hydroxyl groups excluding tert-OH is 1. The topological polar surface area (TPSA) is 77.8 Å². The molecule has 0 aliphatic heterocycles. The summed E-state index contributed by atoms with van der Waals surface area (Å²) in [5.41, 5.74) is 2.37. The highest BCUT2D eigenvalue weighted by Gasteiger charge is 2.45. The van der Waals surface area contributed by atoms with Crippen LogP contribution in [0.1, 0.15) is 65.6 Å². The van der Waals surface area contributed by atoms with Crippen molar-refractivity contribution in [2.75, 3.05) is 0 Å². The van der Waals surface area contributed by atoms with Crippen molar-refractivity contribution in [1.29, 1.82) is 0 Å². The molecule has 0 saturated heterocycles. The first-order valence-electron chi connectivity index (χ1n) is 7.16. The molecule has 1 aromatic carbocycles. The predicted molar refractivity (Wildman–Crippen MR) is 74.4 cm³/mol. The number of hydrogen-bond donors (Lipinski definition) is 3. The second-order valence-corrected chi connectivity index (χ2v) is 6.28. The van der Waals surface area contributed by atoms with E-state index in [2.05, 4.69) is 0 Å². The van der Waals surface area contributed by atoms with E-state index >= 15 is 0 Å². The van der Waals surface area contributed by atoms with Gasteiger partial charge in [0.05, 0.1) is 0 Å². The van der Waals surface area contributed by atoms with Crippen LogP contribution in [0, 0.1) is 12.8 Å². The molecule has 2 aliphatic rings. The zero-order chi connectivity index (χ0) is 14.8. The molecule has 4 heteroatoms. The van der Waals surface area contributed by atoms with Crippen LogP contribution in [0.3, 0.4) is 0 Å². The van der Waals surface area contributed by atoms with Gasteiger partial charge in [0.25, 0.3) is 0 Å². The number of hydrogen-bond acceptors (Lipinski definition) is 4. The number of phenols is 2. The quantitative estimate of drug-likeness (QED) is 0.636. The molecule has 0 heterocycles. The Morgan fingerprint density at radius 2 is 1.70 bits per heavy atom. The second-order valence-electron chi connectivity index (χ2n) is 6.28. The summed E-state index contributed by atoms with van der Waals surface area (Å²) in [6.07, 6.45) is 0.769. The monoisotopic (exact) mass is 276 g/mol. The first-order valence-corrected chi connectivity index (χ1v) is 7.16. The maximum Gasteiger partial charge on any atom is 0.192 e. The number of Topliss-reactive ketones (excluding diaryl/α,β-unsaturated/α-hetero) is 1. The minimum Gasteiger partial charge on any atom is -0.504 e. The van der Waals surface area contributed by atoms with Gasteiger partial charge >= 0.3 is 0 Å². The van der Waals surface area contributed by atoms with Gasteiger partial charge in [-0.05, 0) is 43.1 Å². The van der Waals surface area contributed by atoms with Crippen molar-refractivity contribution < 1.29 is 20.1 Å². The van der Waals surface area contributed by atoms with E-state index < -0.39 is 6.10 Å². The third-order valence-electron chi connectivity index (χ3n) is 5.19. The molecule has 0 radical (unpaired) electrons. The van der Waals surface area contributed by atoms with Gasteiger partial charge in [0.2, 0.25) is 0 Å². The van der Waals surface area contributed by atoms with Crippen LogP contribution in [0.4, 0.5) is 0 Å². The van der Waals surface area contributed by atoms with E-state index in [1.165, 1.54) is 0 Å². The zero-order valence-electron chi connectivity index (χ0n) is 12.0. The fourth-order valence-electron chi connectivity index (χ4n) is 3.94. The Balaban J connectivity index is 2.41. The summed E-state index contributed by atoms with van der Waals surface area (Å²) in [6, 6.07) is 0. The van der Waals surface area contributed by atoms with Gasteiger partial charge in [-0.1, -0.05) is 13.8 Å². The molecule has 0 aromatic heterocycles. The summed E-state index contributed by atoms with van der Waals surface area (Å²) in [6.45, 7) is 5.51. The molecule has 3 rings (SSSR count). The van der Waals surface area contributed by atoms with Crippen molar-refractivity contribution in [1.82, 2.24) is 0 Å². The molecule has 108 valence electrons. The molecule has 4 unspecified atom stereocenters. The average Bonchev–Trinajstić information content (AvgIpc) is 2.42. The van der Waals surface area contributed by atoms with Gasteiger partial charge < -0.3 is 15.3 Å². The second kappa shape index (κ2) is 4.22. The maximum atomic E-state index is 12.4. The maximum absolute atomic E-state index is 12.4. The Kier molecular flexibility index (Phi) is 2.83. The Morgan fingerprint density at radius 3 is 2.35 bits per heavy atom. The zero-order valence-corrected chi connectivity index (χ0v) is 12.0. The summed E-state index contributed by atoms with van der Waals surface area (Å²) in [7, 11) is 0. The van der Waals surface area contributed by atoms with Crippen LogP contribution in [0.5, 0.6) is 11.5 Å². The fourth-order valence-corrected chi connectivity index (χ4v) is 3.94. The van der Waals surface area contributed by atoms with Gasteiger partial charge in [-0.3, -0.25) is 4.79 Å². The lowest BCUT2D eigenvalue weighted by molar-refractivity contribution is 0.0524. The molecule has 0 bridgehead atoms. The molecule has 2 aliphatic carbocycles. The van der Waals surface area contributed by atoms with Crippen molar-refractivity contribution in [3.8, 4) is 11.5 Å². The number of carbonyl (C=O) groups excluding carboxylic acids is 1. The van der Waals surface area contributed by atoms with Crippen LogP contribution in [0.25, 0.3) is 0 Å². The molecule has 0 spiro atoms. The summed E-state index contributed by atoms with van der Waals surface area (Å²) >= 11 is 0. The van der Waals surface area contributed by atoms with Crippen LogP contribution in [-0.4, -0.2) is 27.2 Å². The SMILES string of the molecule is Cc1c(O)c(O)c2c3c1C(=O)C(O)C(C)C3CCC2C. The van der Waals surface area contributed by atoms with E-state index in [1.54, 1.807) is 6.92 Å². The molecule has 0 amide bonds. The Hall–Kier alpha value is -1.55. The van der Waals surface area contributed by atoms with Crippen LogP contribution >= 0.6 is 0 Å². The lowest BCUT2D eigenvalue weighted by Gasteiger charge is -2.41. The first-order chi connectivity index (χ1) is 9.36. The molecule has 4 atom stereocenters. The predicted octanol–water partition coefficient (Wildman–Crippen LogP) is 2.58. The average molecular weight is 276 g/mol. The van der Waals surface area contributed by atoms with Crippen molar-refractivity contribution in [3.63, 3.8) is 0 Å². The van der Waals surface area contributed by atoms with Gasteiger partial charge in [0.1, 0.15) is 6.10 Å². The molecule has 3 N–H and O–H groups in total. The van der Waals surface area contributed by atoms with Gasteiger partial charge in [0, 0.05) is 16.7 Å². The Labute approximate surface area is 118 Å². The number of aliphatic hydroxyl groups is 1. The fraction of sp³-hybridized carbons (Fsp3) is 0.562. The van der Waals surface area contributed by atoms with Crippen LogP contribution in [-0.2, 0) is 0 Å². The van der Waals surface area contributed by atoms with Crippen molar-refractivity contribution in [3.05, 3.63) is 22.3 Å². The Morgan fingerprint density at radius 1 is 1.05 bits per heavy atom. The molecule has 1 aromatic rings. The molecular weight excluding hydrogens is 256 g/mol. The lowest BCUT2D eigenvalue weighted by Crippen LogP contribution is -2.40. The van der Waals surface area contributed by atoms with Gasteiger partial charge in [-0.15, -0.1) is 0 Å². The highest BCUT2D eigenvalue weighted by Crippen LogP contribution is 2.54. The highest BCUT2D eigenvalue weighted by atomic mass is 16.3. The number of rotatable bonds is 0. The molecular formula is C16H20O4. The third-order valence-corrected chi connectivity index (χ3v) is 5.19. The number of ketones is 1. The minimum absolute atomic E-state index is 0.0779. The number of phenolic OH excluding ortho intramolecular Hbond substituents is 2. The smallest absolute Gasteiger partial charge is 0.192 e. The van der Waals surface area contributed by atoms with E-state index in [1.807, 2.05) is 13.8 Å². The van der Waals surface area contributed by atoms with E-state index in [9.17, 15) is 20.1 Å². The molecule has 20 heavy (non-hydrogen) atoms. The van der Waals surface area contributed by atoms with Gasteiger partial charge in [0.15, 0.2) is 17.3 Å². The van der Waals surface area contributed by atoms with Crippen LogP contribution in [0.15, 0.2) is 0 Å². The lowest BCUT2D eigenvalue weighted by atomic mass is 9.63. The number of carbonyl (C=O) groups is 1. The molecule has 0 saturated carbocycles. The molecule has 0 fully saturated rings. The van der Waals surface area contributed by atoms with Gasteiger partial charge in [-0.25, -0.2) is 0 Å². The van der Waals surface area contributed by atoms with Crippen LogP contribution < -0.4 is 0 Å². The first kappa shape index (κ1) is 13.4. The summed E-state index contributed by atoms with van der Waals surface area (Å²) in [5, 5.41) is 30.5.